The van der Waals surface area contributed by atoms with Crippen LogP contribution in [0, 0.1) is 11.3 Å². The van der Waals surface area contributed by atoms with Crippen LogP contribution >= 0.6 is 0 Å². The number of carbonyl (C=O) groups is 1. The third-order valence-corrected chi connectivity index (χ3v) is 7.64. The minimum absolute atomic E-state index is 0. The Kier molecular flexibility index (Phi) is 9.77. The summed E-state index contributed by atoms with van der Waals surface area (Å²) in [5.74, 6) is 0.132. The summed E-state index contributed by atoms with van der Waals surface area (Å²) in [4.78, 5) is 16.8. The number of unbranched alkanes of at least 4 members (excludes halogenated alkanes) is 1. The molecule has 6 rings (SSSR count). The van der Waals surface area contributed by atoms with Crippen LogP contribution in [0.25, 0.3) is 22.5 Å². The first-order chi connectivity index (χ1) is 18.6. The number of H-pyrrole nitrogens is 1. The molecule has 0 aliphatic carbocycles. The fraction of sp³-hybridized carbons (Fsp3) is 0.321. The molecule has 0 saturated heterocycles. The number of nitrogens with zero attached hydrogens (tertiary/aromatic N) is 6. The van der Waals surface area contributed by atoms with Gasteiger partial charge in [-0.1, -0.05) is 61.9 Å². The summed E-state index contributed by atoms with van der Waals surface area (Å²) in [7, 11) is 0. The van der Waals surface area contributed by atoms with E-state index in [0.29, 0.717) is 25.3 Å². The molecule has 196 valence electrons. The van der Waals surface area contributed by atoms with Gasteiger partial charge in [-0.05, 0) is 40.0 Å². The molecule has 40 heavy (non-hydrogen) atoms. The van der Waals surface area contributed by atoms with Crippen molar-refractivity contribution in [2.45, 2.75) is 51.4 Å². The summed E-state index contributed by atoms with van der Waals surface area (Å²) in [6.07, 6.45) is 3.76. The molecule has 10 nitrogen and oxygen atoms in total. The molecular weight excluding hydrogens is 526 g/mol. The number of amides is 1. The van der Waals surface area contributed by atoms with Gasteiger partial charge in [-0.25, -0.2) is 5.10 Å². The molecule has 3 aliphatic heterocycles. The van der Waals surface area contributed by atoms with Gasteiger partial charge < -0.3 is 20.2 Å². The quantitative estimate of drug-likeness (QED) is 0.378. The van der Waals surface area contributed by atoms with Gasteiger partial charge in [-0.2, -0.15) is 5.26 Å². The van der Waals surface area contributed by atoms with Crippen LogP contribution in [0.3, 0.4) is 0 Å². The number of hydrogen-bond acceptors (Lipinski definition) is 8. The third kappa shape index (κ3) is 5.47. The van der Waals surface area contributed by atoms with Crippen molar-refractivity contribution >= 4 is 65.0 Å². The van der Waals surface area contributed by atoms with Gasteiger partial charge >= 0.3 is 59.1 Å². The summed E-state index contributed by atoms with van der Waals surface area (Å²) >= 11 is 0. The van der Waals surface area contributed by atoms with Crippen LogP contribution in [0.4, 0.5) is 0 Å². The summed E-state index contributed by atoms with van der Waals surface area (Å²) in [6, 6.07) is 17.9. The van der Waals surface area contributed by atoms with Crippen molar-refractivity contribution in [2.24, 2.45) is 0 Å². The van der Waals surface area contributed by atoms with Crippen molar-refractivity contribution < 1.29 is 9.90 Å². The molecule has 2 aromatic carbocycles. The van der Waals surface area contributed by atoms with E-state index in [1.54, 1.807) is 4.90 Å². The molecule has 0 spiro atoms. The summed E-state index contributed by atoms with van der Waals surface area (Å²) in [5, 5.41) is 37.9. The van der Waals surface area contributed by atoms with E-state index in [9.17, 15) is 15.2 Å². The van der Waals surface area contributed by atoms with E-state index >= 15 is 0 Å². The molecule has 3 aliphatic rings. The zero-order valence-corrected chi connectivity index (χ0v) is 21.1. The molecule has 0 bridgehead atoms. The van der Waals surface area contributed by atoms with Crippen molar-refractivity contribution in [3.8, 4) is 28.6 Å². The number of carbonyl (C=O) groups excluding carboxylic acids is 1. The van der Waals surface area contributed by atoms with Gasteiger partial charge in [0.15, 0.2) is 11.4 Å². The predicted molar refractivity (Wildman–Crippen MR) is 154 cm³/mol. The first-order valence-corrected chi connectivity index (χ1v) is 12.9. The van der Waals surface area contributed by atoms with E-state index in [-0.39, 0.29) is 82.5 Å². The number of aliphatic hydroxyl groups is 1. The predicted octanol–water partition coefficient (Wildman–Crippen LogP) is 2.32. The summed E-state index contributed by atoms with van der Waals surface area (Å²) in [5.41, 5.74) is 6.17. The molecule has 12 heteroatoms. The standard InChI is InChI=1S/C28H28N8O2.2Na.2H/c1-2-3-8-25-30-22-13-23-26(37)21(14-29)28(38)36(23)16-24(22)35(25)15-17-9-11-18(12-10-17)19-6-4-5-7-20(19)27-31-33-34-32-27;;;;/h4-7,9-12,23,25,30,37H,2-3,8,13,15-16H2,1H3,(H,31,32,33,34);;;;. The molecule has 0 fully saturated rings. The number of rotatable bonds is 7. The molecule has 2 atom stereocenters. The number of nitriles is 1. The van der Waals surface area contributed by atoms with Crippen molar-refractivity contribution in [1.82, 2.24) is 35.7 Å². The Bertz CT molecular complexity index is 1480. The molecule has 1 aromatic heterocycles. The van der Waals surface area contributed by atoms with Crippen molar-refractivity contribution in [2.75, 3.05) is 6.54 Å². The maximum absolute atomic E-state index is 12.8. The number of aliphatic hydroxyl groups excluding tert-OH is 1. The zero-order chi connectivity index (χ0) is 26.2. The molecule has 1 amide bonds. The third-order valence-electron chi connectivity index (χ3n) is 7.64. The number of benzene rings is 2. The molecule has 0 saturated carbocycles. The molecule has 0 radical (unpaired) electrons. The Labute approximate surface area is 277 Å². The SMILES string of the molecule is CCCCC1NC2=C(CN3C(=O)C(C#N)=C(O)C3C2)N1Cc1ccc(-c2ccccc2-c2nnn[nH]2)cc1.[NaH].[NaH]. The Balaban J connectivity index is 0.00000185. The van der Waals surface area contributed by atoms with E-state index < -0.39 is 6.04 Å². The Morgan fingerprint density at radius 1 is 1.12 bits per heavy atom. The second-order valence-electron chi connectivity index (χ2n) is 9.87. The van der Waals surface area contributed by atoms with Crippen molar-refractivity contribution in [1.29, 1.82) is 5.26 Å². The van der Waals surface area contributed by atoms with Crippen LogP contribution in [0.5, 0.6) is 0 Å². The number of nitrogens with one attached hydrogen (secondary N) is 2. The van der Waals surface area contributed by atoms with Crippen molar-refractivity contribution in [3.05, 3.63) is 76.8 Å². The second-order valence-corrected chi connectivity index (χ2v) is 9.87. The topological polar surface area (TPSA) is 134 Å². The first kappa shape index (κ1) is 30.3. The fourth-order valence-corrected chi connectivity index (χ4v) is 5.68. The molecule has 4 heterocycles. The van der Waals surface area contributed by atoms with E-state index in [2.05, 4.69) is 68.1 Å². The number of tetrazole rings is 1. The Hall–Kier alpha value is -2.65. The number of hydrogen-bond donors (Lipinski definition) is 3. The van der Waals surface area contributed by atoms with Gasteiger partial charge in [0, 0.05) is 24.2 Å². The summed E-state index contributed by atoms with van der Waals surface area (Å²) < 4.78 is 0. The van der Waals surface area contributed by atoms with E-state index in [0.717, 1.165) is 52.9 Å². The molecule has 3 aromatic rings. The van der Waals surface area contributed by atoms with Crippen LogP contribution in [-0.4, -0.2) is 119 Å². The average molecular weight is 557 g/mol. The van der Waals surface area contributed by atoms with Crippen LogP contribution in [0.15, 0.2) is 71.3 Å². The van der Waals surface area contributed by atoms with Gasteiger partial charge in [0.25, 0.3) is 5.91 Å². The van der Waals surface area contributed by atoms with Gasteiger partial charge in [0.05, 0.1) is 24.4 Å². The van der Waals surface area contributed by atoms with E-state index in [4.69, 9.17) is 0 Å². The van der Waals surface area contributed by atoms with Crippen molar-refractivity contribution in [3.63, 3.8) is 0 Å². The number of fused-ring (bicyclic) bond motifs is 1. The summed E-state index contributed by atoms with van der Waals surface area (Å²) in [6.45, 7) is 3.24. The van der Waals surface area contributed by atoms with Crippen LogP contribution in [-0.2, 0) is 11.3 Å². The van der Waals surface area contributed by atoms with Crippen LogP contribution in [0.1, 0.15) is 38.2 Å². The van der Waals surface area contributed by atoms with Gasteiger partial charge in [-0.15, -0.1) is 5.10 Å². The van der Waals surface area contributed by atoms with Crippen LogP contribution < -0.4 is 5.32 Å². The molecular formula is C28H30N8Na2O2. The minimum atomic E-state index is -0.464. The first-order valence-electron chi connectivity index (χ1n) is 12.9. The monoisotopic (exact) mass is 556 g/mol. The van der Waals surface area contributed by atoms with Gasteiger partial charge in [0.2, 0.25) is 0 Å². The maximum atomic E-state index is 12.8. The van der Waals surface area contributed by atoms with E-state index in [1.165, 1.54) is 0 Å². The fourth-order valence-electron chi connectivity index (χ4n) is 5.68. The number of aromatic nitrogens is 4. The van der Waals surface area contributed by atoms with Gasteiger partial charge in [-0.3, -0.25) is 4.79 Å². The molecule has 3 N–H and O–H groups in total. The Morgan fingerprint density at radius 2 is 1.88 bits per heavy atom. The van der Waals surface area contributed by atoms with Crippen LogP contribution in [0.2, 0.25) is 0 Å². The zero-order valence-electron chi connectivity index (χ0n) is 21.1. The number of aromatic amines is 1. The van der Waals surface area contributed by atoms with Gasteiger partial charge in [0.1, 0.15) is 11.8 Å². The average Bonchev–Trinajstić information content (AvgIpc) is 3.65. The Morgan fingerprint density at radius 3 is 2.55 bits per heavy atom. The van der Waals surface area contributed by atoms with E-state index in [1.807, 2.05) is 24.3 Å². The molecule has 2 unspecified atom stereocenters. The normalized spacial score (nSPS) is 19.4. The second kappa shape index (κ2) is 12.9.